The summed E-state index contributed by atoms with van der Waals surface area (Å²) in [5.74, 6) is -0.316. The van der Waals surface area contributed by atoms with E-state index in [-0.39, 0.29) is 11.8 Å². The van der Waals surface area contributed by atoms with Crippen molar-refractivity contribution in [2.24, 2.45) is 0 Å². The summed E-state index contributed by atoms with van der Waals surface area (Å²) in [5, 5.41) is 2.75. The third kappa shape index (κ3) is 3.74. The van der Waals surface area contributed by atoms with Gasteiger partial charge in [-0.25, -0.2) is 0 Å². The van der Waals surface area contributed by atoms with E-state index in [1.54, 1.807) is 19.1 Å². The molecule has 1 unspecified atom stereocenters. The molecule has 2 amide bonds. The number of carbonyl (C=O) groups excluding carboxylic acids is 2. The van der Waals surface area contributed by atoms with Gasteiger partial charge in [0.1, 0.15) is 6.04 Å². The number of amides is 2. The highest BCUT2D eigenvalue weighted by Gasteiger charge is 2.24. The number of nitrogen functional groups attached to an aromatic ring is 1. The first-order valence-corrected chi connectivity index (χ1v) is 7.45. The Morgan fingerprint density at radius 2 is 1.90 bits per heavy atom. The van der Waals surface area contributed by atoms with Crippen LogP contribution in [0.5, 0.6) is 0 Å². The number of rotatable bonds is 3. The fourth-order valence-electron chi connectivity index (χ4n) is 2.59. The Labute approximate surface area is 125 Å². The van der Waals surface area contributed by atoms with Crippen molar-refractivity contribution >= 4 is 17.5 Å². The van der Waals surface area contributed by atoms with Gasteiger partial charge in [-0.05, 0) is 45.2 Å². The molecule has 0 aliphatic carbocycles. The molecule has 0 aromatic heterocycles. The molecular weight excluding hydrogens is 266 g/mol. The van der Waals surface area contributed by atoms with Crippen LogP contribution in [-0.2, 0) is 4.79 Å². The van der Waals surface area contributed by atoms with Crippen molar-refractivity contribution in [3.63, 3.8) is 0 Å². The average Bonchev–Trinajstić information content (AvgIpc) is 2.49. The van der Waals surface area contributed by atoms with E-state index in [9.17, 15) is 9.59 Å². The van der Waals surface area contributed by atoms with Crippen molar-refractivity contribution < 1.29 is 9.59 Å². The molecular formula is C16H23N3O2. The third-order valence-corrected chi connectivity index (χ3v) is 3.84. The summed E-state index contributed by atoms with van der Waals surface area (Å²) in [5.41, 5.74) is 7.64. The monoisotopic (exact) mass is 289 g/mol. The number of hydrogen-bond donors (Lipinski definition) is 2. The molecule has 0 radical (unpaired) electrons. The molecule has 0 bridgehead atoms. The number of benzene rings is 1. The van der Waals surface area contributed by atoms with Gasteiger partial charge in [0, 0.05) is 18.8 Å². The van der Waals surface area contributed by atoms with Crippen LogP contribution in [0.1, 0.15) is 42.1 Å². The lowest BCUT2D eigenvalue weighted by Crippen LogP contribution is -2.48. The quantitative estimate of drug-likeness (QED) is 0.832. The number of nitrogens with two attached hydrogens (primary N) is 1. The van der Waals surface area contributed by atoms with Gasteiger partial charge in [-0.15, -0.1) is 0 Å². The first kappa shape index (κ1) is 15.4. The van der Waals surface area contributed by atoms with Gasteiger partial charge in [0.15, 0.2) is 0 Å². The fraction of sp³-hybridized carbons (Fsp3) is 0.500. The number of nitrogens with zero attached hydrogens (tertiary/aromatic N) is 1. The van der Waals surface area contributed by atoms with Crippen LogP contribution in [-0.4, -0.2) is 35.8 Å². The summed E-state index contributed by atoms with van der Waals surface area (Å²) in [6.07, 6.45) is 3.25. The highest BCUT2D eigenvalue weighted by molar-refractivity contribution is 6.01. The molecule has 1 fully saturated rings. The summed E-state index contributed by atoms with van der Waals surface area (Å²) >= 11 is 0. The van der Waals surface area contributed by atoms with Crippen molar-refractivity contribution in [1.29, 1.82) is 0 Å². The minimum absolute atomic E-state index is 0.0192. The first-order valence-electron chi connectivity index (χ1n) is 7.45. The lowest BCUT2D eigenvalue weighted by molar-refractivity contribution is -0.133. The molecule has 1 saturated heterocycles. The minimum atomic E-state index is -0.532. The highest BCUT2D eigenvalue weighted by atomic mass is 16.2. The van der Waals surface area contributed by atoms with Crippen molar-refractivity contribution in [1.82, 2.24) is 10.2 Å². The number of nitrogens with one attached hydrogen (secondary N) is 1. The molecule has 1 aliphatic heterocycles. The van der Waals surface area contributed by atoms with Gasteiger partial charge < -0.3 is 16.0 Å². The maximum Gasteiger partial charge on any atom is 0.254 e. The number of hydrogen-bond acceptors (Lipinski definition) is 3. The molecule has 1 heterocycles. The molecule has 114 valence electrons. The molecule has 21 heavy (non-hydrogen) atoms. The summed E-state index contributed by atoms with van der Waals surface area (Å²) in [6.45, 7) is 5.19. The molecule has 5 heteroatoms. The number of piperidine rings is 1. The highest BCUT2D eigenvalue weighted by Crippen LogP contribution is 2.14. The molecule has 5 nitrogen and oxygen atoms in total. The molecule has 1 atom stereocenters. The smallest absolute Gasteiger partial charge is 0.254 e. The van der Waals surface area contributed by atoms with E-state index in [0.717, 1.165) is 31.5 Å². The van der Waals surface area contributed by atoms with Gasteiger partial charge in [0.2, 0.25) is 5.91 Å². The first-order chi connectivity index (χ1) is 9.99. The predicted octanol–water partition coefficient (Wildman–Crippen LogP) is 1.71. The predicted molar refractivity (Wildman–Crippen MR) is 83.0 cm³/mol. The zero-order valence-corrected chi connectivity index (χ0v) is 12.7. The third-order valence-electron chi connectivity index (χ3n) is 3.84. The van der Waals surface area contributed by atoms with Gasteiger partial charge in [0.25, 0.3) is 5.91 Å². The molecule has 2 rings (SSSR count). The number of likely N-dealkylation sites (tertiary alicyclic amines) is 1. The van der Waals surface area contributed by atoms with E-state index < -0.39 is 6.04 Å². The van der Waals surface area contributed by atoms with Crippen LogP contribution >= 0.6 is 0 Å². The maximum absolute atomic E-state index is 12.3. The lowest BCUT2D eigenvalue weighted by atomic mass is 10.1. The van der Waals surface area contributed by atoms with Crippen LogP contribution < -0.4 is 11.1 Å². The van der Waals surface area contributed by atoms with Crippen molar-refractivity contribution in [3.05, 3.63) is 29.3 Å². The molecule has 0 saturated carbocycles. The molecule has 1 aliphatic rings. The van der Waals surface area contributed by atoms with E-state index in [0.29, 0.717) is 11.3 Å². The summed E-state index contributed by atoms with van der Waals surface area (Å²) in [6, 6.07) is 4.77. The number of anilines is 1. The van der Waals surface area contributed by atoms with E-state index in [2.05, 4.69) is 5.32 Å². The molecule has 1 aromatic rings. The van der Waals surface area contributed by atoms with E-state index >= 15 is 0 Å². The number of carbonyl (C=O) groups is 2. The SMILES string of the molecule is Cc1ccc(N)c(C(=O)NC(C)C(=O)N2CCCCC2)c1. The Bertz CT molecular complexity index is 536. The number of aryl methyl sites for hydroxylation is 1. The van der Waals surface area contributed by atoms with Crippen LogP contribution in [0.3, 0.4) is 0 Å². The van der Waals surface area contributed by atoms with Gasteiger partial charge in [-0.3, -0.25) is 9.59 Å². The summed E-state index contributed by atoms with van der Waals surface area (Å²) in [7, 11) is 0. The Kier molecular flexibility index (Phi) is 4.83. The normalized spacial score (nSPS) is 16.4. The second kappa shape index (κ2) is 6.61. The zero-order chi connectivity index (χ0) is 15.4. The van der Waals surface area contributed by atoms with Crippen LogP contribution in [0.25, 0.3) is 0 Å². The Morgan fingerprint density at radius 1 is 1.24 bits per heavy atom. The van der Waals surface area contributed by atoms with Gasteiger partial charge >= 0.3 is 0 Å². The van der Waals surface area contributed by atoms with E-state index in [1.807, 2.05) is 17.9 Å². The van der Waals surface area contributed by atoms with Crippen LogP contribution in [0.4, 0.5) is 5.69 Å². The van der Waals surface area contributed by atoms with E-state index in [4.69, 9.17) is 5.73 Å². The van der Waals surface area contributed by atoms with Gasteiger partial charge in [-0.2, -0.15) is 0 Å². The van der Waals surface area contributed by atoms with Crippen molar-refractivity contribution in [2.45, 2.75) is 39.2 Å². The fourth-order valence-corrected chi connectivity index (χ4v) is 2.59. The summed E-state index contributed by atoms with van der Waals surface area (Å²) < 4.78 is 0. The average molecular weight is 289 g/mol. The second-order valence-corrected chi connectivity index (χ2v) is 5.67. The second-order valence-electron chi connectivity index (χ2n) is 5.67. The lowest BCUT2D eigenvalue weighted by Gasteiger charge is -2.29. The Balaban J connectivity index is 2.01. The maximum atomic E-state index is 12.3. The van der Waals surface area contributed by atoms with Crippen LogP contribution in [0.2, 0.25) is 0 Å². The zero-order valence-electron chi connectivity index (χ0n) is 12.7. The Morgan fingerprint density at radius 3 is 2.57 bits per heavy atom. The molecule has 1 aromatic carbocycles. The van der Waals surface area contributed by atoms with Gasteiger partial charge in [-0.1, -0.05) is 11.6 Å². The molecule has 3 N–H and O–H groups in total. The standard InChI is InChI=1S/C16H23N3O2/c1-11-6-7-14(17)13(10-11)15(20)18-12(2)16(21)19-8-4-3-5-9-19/h6-7,10,12H,3-5,8-9,17H2,1-2H3,(H,18,20). The summed E-state index contributed by atoms with van der Waals surface area (Å²) in [4.78, 5) is 26.4. The molecule has 0 spiro atoms. The minimum Gasteiger partial charge on any atom is -0.398 e. The van der Waals surface area contributed by atoms with Crippen LogP contribution in [0.15, 0.2) is 18.2 Å². The van der Waals surface area contributed by atoms with Crippen molar-refractivity contribution in [3.8, 4) is 0 Å². The van der Waals surface area contributed by atoms with Crippen LogP contribution in [0, 0.1) is 6.92 Å². The largest absolute Gasteiger partial charge is 0.398 e. The topological polar surface area (TPSA) is 75.4 Å². The van der Waals surface area contributed by atoms with E-state index in [1.165, 1.54) is 6.42 Å². The Hall–Kier alpha value is -2.04. The van der Waals surface area contributed by atoms with Crippen molar-refractivity contribution in [2.75, 3.05) is 18.8 Å². The van der Waals surface area contributed by atoms with Gasteiger partial charge in [0.05, 0.1) is 5.56 Å².